The van der Waals surface area contributed by atoms with Crippen molar-refractivity contribution in [3.63, 3.8) is 0 Å². The molecule has 6 nitrogen and oxygen atoms in total. The maximum atomic E-state index is 13.2. The fraction of sp³-hybridized carbons (Fsp3) is 0.381. The fourth-order valence-corrected chi connectivity index (χ4v) is 4.65. The summed E-state index contributed by atoms with van der Waals surface area (Å²) in [6.45, 7) is 0. The zero-order valence-corrected chi connectivity index (χ0v) is 16.5. The van der Waals surface area contributed by atoms with Gasteiger partial charge in [-0.3, -0.25) is 9.36 Å². The molecule has 0 amide bonds. The Morgan fingerprint density at radius 2 is 2.00 bits per heavy atom. The van der Waals surface area contributed by atoms with Gasteiger partial charge in [0.15, 0.2) is 5.16 Å². The van der Waals surface area contributed by atoms with E-state index in [1.807, 2.05) is 28.8 Å². The Bertz CT molecular complexity index is 1050. The van der Waals surface area contributed by atoms with Crippen molar-refractivity contribution in [3.8, 4) is 0 Å². The first-order valence-corrected chi connectivity index (χ1v) is 10.5. The summed E-state index contributed by atoms with van der Waals surface area (Å²) in [6, 6.07) is 11.0. The summed E-state index contributed by atoms with van der Waals surface area (Å²) < 4.78 is 12.1. The molecule has 1 aliphatic carbocycles. The van der Waals surface area contributed by atoms with Crippen molar-refractivity contribution in [1.82, 2.24) is 9.55 Å². The molecule has 0 atom stereocenters. The molecule has 1 aliphatic rings. The minimum atomic E-state index is -0.501. The number of para-hydroxylation sites is 1. The Balaban J connectivity index is 1.67. The van der Waals surface area contributed by atoms with Crippen LogP contribution in [0.1, 0.15) is 54.5 Å². The molecule has 0 radical (unpaired) electrons. The summed E-state index contributed by atoms with van der Waals surface area (Å²) in [5, 5.41) is 1.36. The molecule has 0 N–H and O–H groups in total. The molecule has 2 aromatic heterocycles. The summed E-state index contributed by atoms with van der Waals surface area (Å²) in [4.78, 5) is 29.6. The minimum Gasteiger partial charge on any atom is -0.463 e. The van der Waals surface area contributed by atoms with Crippen LogP contribution in [-0.2, 0) is 10.5 Å². The second kappa shape index (κ2) is 8.22. The smallest absolute Gasteiger partial charge is 0.373 e. The zero-order chi connectivity index (χ0) is 19.5. The number of nitrogens with zero attached hydrogens (tertiary/aromatic N) is 2. The number of fused-ring (bicyclic) bond motifs is 1. The van der Waals surface area contributed by atoms with Crippen LogP contribution in [0.2, 0.25) is 0 Å². The third-order valence-corrected chi connectivity index (χ3v) is 6.08. The maximum Gasteiger partial charge on any atom is 0.373 e. The van der Waals surface area contributed by atoms with Crippen LogP contribution < -0.4 is 5.56 Å². The van der Waals surface area contributed by atoms with Crippen molar-refractivity contribution in [2.75, 3.05) is 7.11 Å². The number of furan rings is 1. The SMILES string of the molecule is COC(=O)c1ccc(CSc2nc3ccccc3c(=O)n2C2CCCCC2)o1. The second-order valence-corrected chi connectivity index (χ2v) is 7.87. The average molecular weight is 398 g/mol. The van der Waals surface area contributed by atoms with Gasteiger partial charge < -0.3 is 9.15 Å². The van der Waals surface area contributed by atoms with Gasteiger partial charge in [0, 0.05) is 6.04 Å². The Morgan fingerprint density at radius 3 is 2.79 bits per heavy atom. The van der Waals surface area contributed by atoms with Crippen molar-refractivity contribution >= 4 is 28.6 Å². The predicted octanol–water partition coefficient (Wildman–Crippen LogP) is 4.57. The van der Waals surface area contributed by atoms with E-state index in [2.05, 4.69) is 4.74 Å². The molecule has 7 heteroatoms. The van der Waals surface area contributed by atoms with Gasteiger partial charge in [0.1, 0.15) is 5.76 Å². The van der Waals surface area contributed by atoms with Crippen LogP contribution in [0, 0.1) is 0 Å². The molecular formula is C21H22N2O4S. The third-order valence-electron chi connectivity index (χ3n) is 5.11. The lowest BCUT2D eigenvalue weighted by Gasteiger charge is -2.26. The van der Waals surface area contributed by atoms with Gasteiger partial charge in [0.05, 0.1) is 23.8 Å². The van der Waals surface area contributed by atoms with Gasteiger partial charge in [0.25, 0.3) is 5.56 Å². The standard InChI is InChI=1S/C21H22N2O4S/c1-26-20(25)18-12-11-15(27-18)13-28-21-22-17-10-6-5-9-16(17)19(24)23(21)14-7-3-2-4-8-14/h5-6,9-12,14H,2-4,7-8,13H2,1H3. The fourth-order valence-electron chi connectivity index (χ4n) is 3.69. The number of hydrogen-bond donors (Lipinski definition) is 0. The molecular weight excluding hydrogens is 376 g/mol. The Kier molecular flexibility index (Phi) is 5.52. The largest absolute Gasteiger partial charge is 0.463 e. The highest BCUT2D eigenvalue weighted by molar-refractivity contribution is 7.98. The topological polar surface area (TPSA) is 74.3 Å². The van der Waals surface area contributed by atoms with Crippen molar-refractivity contribution < 1.29 is 13.9 Å². The lowest BCUT2D eigenvalue weighted by molar-refractivity contribution is 0.0563. The molecule has 3 aromatic rings. The highest BCUT2D eigenvalue weighted by atomic mass is 32.2. The molecule has 1 fully saturated rings. The molecule has 0 unspecified atom stereocenters. The van der Waals surface area contributed by atoms with E-state index in [1.54, 1.807) is 12.1 Å². The molecule has 4 rings (SSSR count). The predicted molar refractivity (Wildman–Crippen MR) is 108 cm³/mol. The maximum absolute atomic E-state index is 13.2. The van der Waals surface area contributed by atoms with Crippen LogP contribution in [-0.4, -0.2) is 22.6 Å². The molecule has 28 heavy (non-hydrogen) atoms. The number of hydrogen-bond acceptors (Lipinski definition) is 6. The van der Waals surface area contributed by atoms with Gasteiger partial charge in [-0.2, -0.15) is 0 Å². The van der Waals surface area contributed by atoms with Crippen LogP contribution in [0.15, 0.2) is 50.8 Å². The number of aromatic nitrogens is 2. The molecule has 1 saturated carbocycles. The summed E-state index contributed by atoms with van der Waals surface area (Å²) in [7, 11) is 1.32. The van der Waals surface area contributed by atoms with Gasteiger partial charge in [-0.1, -0.05) is 43.2 Å². The van der Waals surface area contributed by atoms with E-state index in [4.69, 9.17) is 9.40 Å². The number of thioether (sulfide) groups is 1. The molecule has 0 bridgehead atoms. The lowest BCUT2D eigenvalue weighted by atomic mass is 9.95. The molecule has 1 aromatic carbocycles. The molecule has 146 valence electrons. The Labute approximate surface area is 166 Å². The number of esters is 1. The van der Waals surface area contributed by atoms with Crippen molar-refractivity contribution in [3.05, 3.63) is 58.3 Å². The number of rotatable bonds is 5. The highest BCUT2D eigenvalue weighted by Gasteiger charge is 2.22. The second-order valence-electron chi connectivity index (χ2n) is 6.92. The van der Waals surface area contributed by atoms with Crippen LogP contribution in [0.3, 0.4) is 0 Å². The summed E-state index contributed by atoms with van der Waals surface area (Å²) in [6.07, 6.45) is 5.49. The van der Waals surface area contributed by atoms with Gasteiger partial charge >= 0.3 is 5.97 Å². The molecule has 0 saturated heterocycles. The van der Waals surface area contributed by atoms with E-state index in [0.29, 0.717) is 27.6 Å². The van der Waals surface area contributed by atoms with Crippen molar-refractivity contribution in [2.24, 2.45) is 0 Å². The highest BCUT2D eigenvalue weighted by Crippen LogP contribution is 2.32. The van der Waals surface area contributed by atoms with E-state index < -0.39 is 5.97 Å². The van der Waals surface area contributed by atoms with Crippen LogP contribution in [0.4, 0.5) is 0 Å². The van der Waals surface area contributed by atoms with Crippen molar-refractivity contribution in [1.29, 1.82) is 0 Å². The average Bonchev–Trinajstić information content (AvgIpc) is 3.21. The van der Waals surface area contributed by atoms with Gasteiger partial charge in [0.2, 0.25) is 5.76 Å². The number of ether oxygens (including phenoxy) is 1. The van der Waals surface area contributed by atoms with Crippen LogP contribution >= 0.6 is 11.8 Å². The molecule has 0 aliphatic heterocycles. The third kappa shape index (κ3) is 3.71. The quantitative estimate of drug-likeness (QED) is 0.356. The summed E-state index contributed by atoms with van der Waals surface area (Å²) in [5.41, 5.74) is 0.728. The number of carbonyl (C=O) groups excluding carboxylic acids is 1. The van der Waals surface area contributed by atoms with E-state index in [1.165, 1.54) is 25.3 Å². The van der Waals surface area contributed by atoms with Gasteiger partial charge in [-0.15, -0.1) is 0 Å². The van der Waals surface area contributed by atoms with Crippen LogP contribution in [0.25, 0.3) is 10.9 Å². The minimum absolute atomic E-state index is 0.0229. The zero-order valence-electron chi connectivity index (χ0n) is 15.7. The Morgan fingerprint density at radius 1 is 1.21 bits per heavy atom. The van der Waals surface area contributed by atoms with Gasteiger partial charge in [-0.25, -0.2) is 9.78 Å². The number of benzene rings is 1. The van der Waals surface area contributed by atoms with Crippen molar-refractivity contribution in [2.45, 2.75) is 49.1 Å². The van der Waals surface area contributed by atoms with E-state index in [-0.39, 0.29) is 17.4 Å². The van der Waals surface area contributed by atoms with Crippen LogP contribution in [0.5, 0.6) is 0 Å². The first-order valence-electron chi connectivity index (χ1n) is 9.48. The lowest BCUT2D eigenvalue weighted by Crippen LogP contribution is -2.29. The van der Waals surface area contributed by atoms with E-state index >= 15 is 0 Å². The molecule has 2 heterocycles. The Hall–Kier alpha value is -2.54. The summed E-state index contributed by atoms with van der Waals surface area (Å²) >= 11 is 1.46. The number of carbonyl (C=O) groups is 1. The normalized spacial score (nSPS) is 15.0. The van der Waals surface area contributed by atoms with E-state index in [9.17, 15) is 9.59 Å². The van der Waals surface area contributed by atoms with Gasteiger partial charge in [-0.05, 0) is 37.1 Å². The summed E-state index contributed by atoms with van der Waals surface area (Å²) in [5.74, 6) is 0.797. The first-order chi connectivity index (χ1) is 13.7. The monoisotopic (exact) mass is 398 g/mol. The first kappa shape index (κ1) is 18.8. The molecule has 0 spiro atoms. The van der Waals surface area contributed by atoms with E-state index in [0.717, 1.165) is 25.7 Å². The number of methoxy groups -OCH3 is 1.